The van der Waals surface area contributed by atoms with Crippen LogP contribution in [0.3, 0.4) is 0 Å². The Labute approximate surface area is 199 Å². The van der Waals surface area contributed by atoms with E-state index < -0.39 is 36.2 Å². The summed E-state index contributed by atoms with van der Waals surface area (Å²) in [5.74, 6) is -1.95. The molecule has 2 aromatic carbocycles. The molecule has 182 valence electrons. The molecule has 0 saturated carbocycles. The highest BCUT2D eigenvalue weighted by Gasteiger charge is 2.30. The number of amides is 2. The number of hydrogen-bond donors (Lipinski definition) is 4. The summed E-state index contributed by atoms with van der Waals surface area (Å²) >= 11 is 0. The van der Waals surface area contributed by atoms with Crippen LogP contribution in [0.4, 0.5) is 4.79 Å². The molecule has 0 aromatic heterocycles. The maximum atomic E-state index is 12.6. The molecule has 34 heavy (non-hydrogen) atoms. The maximum Gasteiger partial charge on any atom is 0.407 e. The van der Waals surface area contributed by atoms with E-state index in [1.807, 2.05) is 43.3 Å². The molecule has 0 spiro atoms. The van der Waals surface area contributed by atoms with Crippen molar-refractivity contribution < 1.29 is 29.3 Å². The largest absolute Gasteiger partial charge is 0.480 e. The number of aliphatic hydroxyl groups is 1. The standard InChI is InChI=1S/C26H32N2O6/c1-3-4-9-17(14-23(30)28-24(16(2)29)25(31)32)27-26(33)34-15-22-20-12-7-5-10-18(20)19-11-6-8-13-21(19)22/h5-8,10-13,16-17,22,24,29H,3-4,9,14-15H2,1-2H3,(H,27,33)(H,28,30)(H,31,32)/t16?,17-,24?/m0/s1. The van der Waals surface area contributed by atoms with Gasteiger partial charge in [-0.25, -0.2) is 9.59 Å². The van der Waals surface area contributed by atoms with Gasteiger partial charge in [-0.3, -0.25) is 4.79 Å². The summed E-state index contributed by atoms with van der Waals surface area (Å²) in [5, 5.41) is 23.8. The number of hydrogen-bond acceptors (Lipinski definition) is 5. The molecule has 0 saturated heterocycles. The number of unbranched alkanes of at least 4 members (excludes halogenated alkanes) is 1. The lowest BCUT2D eigenvalue weighted by Crippen LogP contribution is -2.49. The van der Waals surface area contributed by atoms with Crippen LogP contribution in [0.25, 0.3) is 11.1 Å². The van der Waals surface area contributed by atoms with Crippen LogP contribution in [0, 0.1) is 0 Å². The minimum atomic E-state index is -1.41. The molecule has 1 aliphatic rings. The van der Waals surface area contributed by atoms with Gasteiger partial charge in [0.15, 0.2) is 6.04 Å². The number of carboxylic acids is 1. The predicted octanol–water partition coefficient (Wildman–Crippen LogP) is 3.42. The summed E-state index contributed by atoms with van der Waals surface area (Å²) in [6.45, 7) is 3.45. The number of rotatable bonds is 11. The van der Waals surface area contributed by atoms with Gasteiger partial charge in [0.1, 0.15) is 6.61 Å². The minimum absolute atomic E-state index is 0.0714. The molecule has 2 amide bonds. The van der Waals surface area contributed by atoms with Crippen molar-refractivity contribution in [3.63, 3.8) is 0 Å². The van der Waals surface area contributed by atoms with E-state index in [2.05, 4.69) is 22.8 Å². The van der Waals surface area contributed by atoms with Crippen molar-refractivity contribution in [3.8, 4) is 11.1 Å². The highest BCUT2D eigenvalue weighted by atomic mass is 16.5. The quantitative estimate of drug-likeness (QED) is 0.400. The molecule has 3 atom stereocenters. The Morgan fingerprint density at radius 3 is 2.12 bits per heavy atom. The first-order chi connectivity index (χ1) is 16.3. The van der Waals surface area contributed by atoms with Crippen LogP contribution >= 0.6 is 0 Å². The number of nitrogens with one attached hydrogen (secondary N) is 2. The summed E-state index contributed by atoms with van der Waals surface area (Å²) in [5.41, 5.74) is 4.49. The summed E-state index contributed by atoms with van der Waals surface area (Å²) in [4.78, 5) is 36.2. The molecule has 2 unspecified atom stereocenters. The van der Waals surface area contributed by atoms with E-state index in [4.69, 9.17) is 9.84 Å². The van der Waals surface area contributed by atoms with E-state index in [1.54, 1.807) is 0 Å². The zero-order valence-electron chi connectivity index (χ0n) is 19.5. The van der Waals surface area contributed by atoms with E-state index in [-0.39, 0.29) is 18.9 Å². The fourth-order valence-electron chi connectivity index (χ4n) is 4.33. The third-order valence-corrected chi connectivity index (χ3v) is 6.07. The Morgan fingerprint density at radius 1 is 1.00 bits per heavy atom. The van der Waals surface area contributed by atoms with Crippen molar-refractivity contribution >= 4 is 18.0 Å². The lowest BCUT2D eigenvalue weighted by atomic mass is 9.98. The Kier molecular flexibility index (Phi) is 8.65. The SMILES string of the molecule is CCCC[C@@H](CC(=O)NC(C(=O)O)C(C)O)NC(=O)OCC1c2ccccc2-c2ccccc21. The summed E-state index contributed by atoms with van der Waals surface area (Å²) in [6.07, 6.45) is 0.212. The normalized spacial score (nSPS) is 14.9. The molecule has 1 aliphatic carbocycles. The number of benzene rings is 2. The van der Waals surface area contributed by atoms with Gasteiger partial charge in [0, 0.05) is 18.4 Å². The van der Waals surface area contributed by atoms with E-state index in [9.17, 15) is 19.5 Å². The van der Waals surface area contributed by atoms with Crippen molar-refractivity contribution in [2.45, 2.75) is 63.6 Å². The summed E-state index contributed by atoms with van der Waals surface area (Å²) in [6, 6.07) is 14.2. The van der Waals surface area contributed by atoms with Crippen LogP contribution in [0.1, 0.15) is 56.6 Å². The number of carbonyl (C=O) groups excluding carboxylic acids is 2. The van der Waals surface area contributed by atoms with Crippen molar-refractivity contribution in [2.24, 2.45) is 0 Å². The maximum absolute atomic E-state index is 12.6. The lowest BCUT2D eigenvalue weighted by Gasteiger charge is -2.22. The van der Waals surface area contributed by atoms with Gasteiger partial charge in [0.2, 0.25) is 5.91 Å². The van der Waals surface area contributed by atoms with Crippen LogP contribution in [0.15, 0.2) is 48.5 Å². The van der Waals surface area contributed by atoms with Crippen LogP contribution in [0.2, 0.25) is 0 Å². The third kappa shape index (κ3) is 6.14. The summed E-state index contributed by atoms with van der Waals surface area (Å²) in [7, 11) is 0. The molecular formula is C26H32N2O6. The molecule has 2 aromatic rings. The van der Waals surface area contributed by atoms with E-state index in [0.717, 1.165) is 35.1 Å². The highest BCUT2D eigenvalue weighted by molar-refractivity contribution is 5.84. The van der Waals surface area contributed by atoms with Gasteiger partial charge in [0.05, 0.1) is 6.10 Å². The van der Waals surface area contributed by atoms with Gasteiger partial charge in [-0.05, 0) is 35.6 Å². The number of carboxylic acid groups (broad SMARTS) is 1. The second kappa shape index (κ2) is 11.7. The van der Waals surface area contributed by atoms with Gasteiger partial charge in [-0.15, -0.1) is 0 Å². The van der Waals surface area contributed by atoms with Gasteiger partial charge in [0.25, 0.3) is 0 Å². The molecule has 0 aliphatic heterocycles. The summed E-state index contributed by atoms with van der Waals surface area (Å²) < 4.78 is 5.57. The molecule has 8 nitrogen and oxygen atoms in total. The van der Waals surface area contributed by atoms with E-state index in [0.29, 0.717) is 6.42 Å². The zero-order chi connectivity index (χ0) is 24.7. The van der Waals surface area contributed by atoms with Crippen molar-refractivity contribution in [3.05, 3.63) is 59.7 Å². The molecule has 0 bridgehead atoms. The topological polar surface area (TPSA) is 125 Å². The average Bonchev–Trinajstić information content (AvgIpc) is 3.13. The van der Waals surface area contributed by atoms with Gasteiger partial charge in [-0.2, -0.15) is 0 Å². The van der Waals surface area contributed by atoms with Gasteiger partial charge in [-0.1, -0.05) is 68.3 Å². The van der Waals surface area contributed by atoms with Crippen LogP contribution in [-0.2, 0) is 14.3 Å². The first kappa shape index (κ1) is 25.2. The smallest absolute Gasteiger partial charge is 0.407 e. The minimum Gasteiger partial charge on any atom is -0.480 e. The number of aliphatic carboxylic acids is 1. The Hall–Kier alpha value is -3.39. The molecule has 0 fully saturated rings. The zero-order valence-corrected chi connectivity index (χ0v) is 19.5. The third-order valence-electron chi connectivity index (χ3n) is 6.07. The molecule has 8 heteroatoms. The molecular weight excluding hydrogens is 436 g/mol. The predicted molar refractivity (Wildman–Crippen MR) is 127 cm³/mol. The van der Waals surface area contributed by atoms with Crippen molar-refractivity contribution in [1.82, 2.24) is 10.6 Å². The monoisotopic (exact) mass is 468 g/mol. The highest BCUT2D eigenvalue weighted by Crippen LogP contribution is 2.44. The Balaban J connectivity index is 1.61. The van der Waals surface area contributed by atoms with Crippen molar-refractivity contribution in [1.29, 1.82) is 0 Å². The Morgan fingerprint density at radius 2 is 1.59 bits per heavy atom. The van der Waals surface area contributed by atoms with Crippen molar-refractivity contribution in [2.75, 3.05) is 6.61 Å². The van der Waals surface area contributed by atoms with Crippen LogP contribution in [0.5, 0.6) is 0 Å². The number of carbonyl (C=O) groups is 3. The van der Waals surface area contributed by atoms with Crippen LogP contribution < -0.4 is 10.6 Å². The number of alkyl carbamates (subject to hydrolysis) is 1. The fourth-order valence-corrected chi connectivity index (χ4v) is 4.33. The molecule has 3 rings (SSSR count). The molecule has 4 N–H and O–H groups in total. The first-order valence-electron chi connectivity index (χ1n) is 11.6. The number of fused-ring (bicyclic) bond motifs is 3. The second-order valence-electron chi connectivity index (χ2n) is 8.64. The lowest BCUT2D eigenvalue weighted by molar-refractivity contribution is -0.144. The van der Waals surface area contributed by atoms with E-state index in [1.165, 1.54) is 6.92 Å². The fraction of sp³-hybridized carbons (Fsp3) is 0.423. The Bertz CT molecular complexity index is 976. The second-order valence-corrected chi connectivity index (χ2v) is 8.64. The number of aliphatic hydroxyl groups excluding tert-OH is 1. The van der Waals surface area contributed by atoms with Crippen LogP contribution in [-0.4, -0.2) is 53.0 Å². The number of ether oxygens (including phenoxy) is 1. The van der Waals surface area contributed by atoms with E-state index >= 15 is 0 Å². The first-order valence-corrected chi connectivity index (χ1v) is 11.6. The van der Waals surface area contributed by atoms with Gasteiger partial charge >= 0.3 is 12.1 Å². The average molecular weight is 469 g/mol. The van der Waals surface area contributed by atoms with Gasteiger partial charge < -0.3 is 25.6 Å². The molecule has 0 radical (unpaired) electrons. The molecule has 0 heterocycles.